The number of unbranched alkanes of at least 4 members (excludes halogenated alkanes) is 19. The zero-order chi connectivity index (χ0) is 25.5. The summed E-state index contributed by atoms with van der Waals surface area (Å²) < 4.78 is 4.99. The molecule has 0 aliphatic rings. The smallest absolute Gasteiger partial charge is 0.234 e. The maximum absolute atomic E-state index is 2.55. The monoisotopic (exact) mass is 495 g/mol. The number of imidazole rings is 1. The van der Waals surface area contributed by atoms with Gasteiger partial charge in [-0.2, -0.15) is 4.57 Å². The zero-order valence-electron chi connectivity index (χ0n) is 24.2. The second-order valence-corrected chi connectivity index (χ2v) is 11.1. The third-order valence-corrected chi connectivity index (χ3v) is 7.80. The molecule has 1 aromatic carbocycles. The van der Waals surface area contributed by atoms with Crippen LogP contribution in [0.2, 0.25) is 0 Å². The molecule has 0 amide bonds. The molecule has 1 aromatic heterocycles. The SMILES string of the molecule is CCCCCCCCCCCCCCc1n(-c2ccccc2)cc[n+]1CCCCCCCCCCC. The van der Waals surface area contributed by atoms with Gasteiger partial charge in [-0.15, -0.1) is 0 Å². The standard InChI is InChI=1S/C34H59N2/c1-3-5-7-9-11-13-14-15-16-18-20-25-29-34-35(30-26-21-19-17-12-10-8-6-4-2)31-32-36(34)33-27-23-22-24-28-33/h22-24,27-28,31-32H,3-21,25-26,29-30H2,1-2H3/q+1. The minimum atomic E-state index is 1.17. The molecule has 0 saturated carbocycles. The predicted octanol–water partition coefficient (Wildman–Crippen LogP) is 10.5. The van der Waals surface area contributed by atoms with Crippen LogP contribution < -0.4 is 4.57 Å². The van der Waals surface area contributed by atoms with Crippen molar-refractivity contribution < 1.29 is 4.57 Å². The van der Waals surface area contributed by atoms with Crippen LogP contribution >= 0.6 is 0 Å². The van der Waals surface area contributed by atoms with Crippen LogP contribution in [-0.2, 0) is 13.0 Å². The fourth-order valence-corrected chi connectivity index (χ4v) is 5.47. The summed E-state index contributed by atoms with van der Waals surface area (Å²) in [4.78, 5) is 0. The Balaban J connectivity index is 1.68. The van der Waals surface area contributed by atoms with E-state index in [1.165, 1.54) is 159 Å². The Morgan fingerprint density at radius 2 is 0.972 bits per heavy atom. The zero-order valence-corrected chi connectivity index (χ0v) is 24.2. The van der Waals surface area contributed by atoms with E-state index in [0.29, 0.717) is 0 Å². The average molecular weight is 496 g/mol. The van der Waals surface area contributed by atoms with E-state index in [1.54, 1.807) is 0 Å². The minimum Gasteiger partial charge on any atom is -0.234 e. The molecule has 2 heteroatoms. The molecule has 36 heavy (non-hydrogen) atoms. The number of benzene rings is 1. The van der Waals surface area contributed by atoms with Gasteiger partial charge in [0.25, 0.3) is 5.82 Å². The summed E-state index contributed by atoms with van der Waals surface area (Å²) in [5, 5.41) is 0. The third kappa shape index (κ3) is 13.7. The molecule has 0 aliphatic carbocycles. The first-order valence-corrected chi connectivity index (χ1v) is 16.0. The lowest BCUT2D eigenvalue weighted by Crippen LogP contribution is -2.37. The summed E-state index contributed by atoms with van der Waals surface area (Å²) in [5.41, 5.74) is 1.30. The summed E-state index contributed by atoms with van der Waals surface area (Å²) in [6.07, 6.45) is 35.3. The first-order chi connectivity index (χ1) is 17.9. The van der Waals surface area contributed by atoms with Crippen molar-refractivity contribution in [2.75, 3.05) is 0 Å². The van der Waals surface area contributed by atoms with Crippen LogP contribution in [0.3, 0.4) is 0 Å². The van der Waals surface area contributed by atoms with Crippen molar-refractivity contribution in [3.8, 4) is 5.69 Å². The van der Waals surface area contributed by atoms with Crippen molar-refractivity contribution >= 4 is 0 Å². The minimum absolute atomic E-state index is 1.17. The van der Waals surface area contributed by atoms with Crippen molar-refractivity contribution in [3.63, 3.8) is 0 Å². The molecule has 0 N–H and O–H groups in total. The van der Waals surface area contributed by atoms with Crippen LogP contribution in [0.15, 0.2) is 42.7 Å². The van der Waals surface area contributed by atoms with Gasteiger partial charge in [0, 0.05) is 6.42 Å². The van der Waals surface area contributed by atoms with E-state index in [2.05, 4.69) is 65.7 Å². The van der Waals surface area contributed by atoms with E-state index >= 15 is 0 Å². The lowest BCUT2D eigenvalue weighted by molar-refractivity contribution is -0.704. The van der Waals surface area contributed by atoms with Gasteiger partial charge >= 0.3 is 0 Å². The Bertz CT molecular complexity index is 733. The fourth-order valence-electron chi connectivity index (χ4n) is 5.47. The van der Waals surface area contributed by atoms with Gasteiger partial charge in [-0.3, -0.25) is 0 Å². The highest BCUT2D eigenvalue weighted by molar-refractivity contribution is 5.31. The van der Waals surface area contributed by atoms with Crippen molar-refractivity contribution in [2.24, 2.45) is 0 Å². The van der Waals surface area contributed by atoms with Crippen LogP contribution in [0.1, 0.15) is 155 Å². The molecule has 204 valence electrons. The summed E-state index contributed by atoms with van der Waals surface area (Å²) in [5.74, 6) is 1.49. The van der Waals surface area contributed by atoms with Crippen LogP contribution in [-0.4, -0.2) is 4.57 Å². The number of hydrogen-bond acceptors (Lipinski definition) is 0. The third-order valence-electron chi connectivity index (χ3n) is 7.80. The van der Waals surface area contributed by atoms with Crippen molar-refractivity contribution in [1.82, 2.24) is 4.57 Å². The largest absolute Gasteiger partial charge is 0.261 e. The molecule has 0 aliphatic heterocycles. The highest BCUT2D eigenvalue weighted by atomic mass is 15.1. The molecule has 0 radical (unpaired) electrons. The summed E-state index contributed by atoms with van der Waals surface area (Å²) in [7, 11) is 0. The summed E-state index contributed by atoms with van der Waals surface area (Å²) in [6, 6.07) is 10.9. The van der Waals surface area contributed by atoms with Gasteiger partial charge < -0.3 is 0 Å². The number of aromatic nitrogens is 2. The van der Waals surface area contributed by atoms with Gasteiger partial charge in [0.15, 0.2) is 0 Å². The number of nitrogens with zero attached hydrogens (tertiary/aromatic N) is 2. The number of hydrogen-bond donors (Lipinski definition) is 0. The van der Waals surface area contributed by atoms with Crippen molar-refractivity contribution in [3.05, 3.63) is 48.5 Å². The highest BCUT2D eigenvalue weighted by Crippen LogP contribution is 2.16. The summed E-state index contributed by atoms with van der Waals surface area (Å²) >= 11 is 0. The Labute approximate surface area is 224 Å². The van der Waals surface area contributed by atoms with Crippen molar-refractivity contribution in [1.29, 1.82) is 0 Å². The molecule has 2 rings (SSSR count). The molecule has 2 nitrogen and oxygen atoms in total. The van der Waals surface area contributed by atoms with Crippen LogP contribution in [0.5, 0.6) is 0 Å². The molecule has 0 fully saturated rings. The maximum Gasteiger partial charge on any atom is 0.261 e. The van der Waals surface area contributed by atoms with Gasteiger partial charge in [0.1, 0.15) is 18.1 Å². The molecule has 2 aromatic rings. The topological polar surface area (TPSA) is 8.81 Å². The summed E-state index contributed by atoms with van der Waals surface area (Å²) in [6.45, 7) is 5.77. The molecule has 0 atom stereocenters. The molecule has 0 unspecified atom stereocenters. The van der Waals surface area contributed by atoms with Crippen LogP contribution in [0.25, 0.3) is 5.69 Å². The van der Waals surface area contributed by atoms with E-state index in [4.69, 9.17) is 0 Å². The maximum atomic E-state index is 2.55. The number of para-hydroxylation sites is 1. The number of aryl methyl sites for hydroxylation is 1. The van der Waals surface area contributed by atoms with Gasteiger partial charge in [0.05, 0.1) is 6.54 Å². The molecule has 1 heterocycles. The first-order valence-electron chi connectivity index (χ1n) is 16.0. The van der Waals surface area contributed by atoms with E-state index in [1.807, 2.05) is 0 Å². The first kappa shape index (κ1) is 30.7. The molecular weight excluding hydrogens is 436 g/mol. The van der Waals surface area contributed by atoms with E-state index < -0.39 is 0 Å². The quantitative estimate of drug-likeness (QED) is 0.101. The van der Waals surface area contributed by atoms with E-state index in [9.17, 15) is 0 Å². The van der Waals surface area contributed by atoms with Gasteiger partial charge in [-0.25, -0.2) is 4.57 Å². The van der Waals surface area contributed by atoms with Gasteiger partial charge in [0.2, 0.25) is 0 Å². The second-order valence-electron chi connectivity index (χ2n) is 11.1. The fraction of sp³-hybridized carbons (Fsp3) is 0.735. The second kappa shape index (κ2) is 21.5. The lowest BCUT2D eigenvalue weighted by Gasteiger charge is -2.07. The molecule has 0 spiro atoms. The molecule has 0 bridgehead atoms. The average Bonchev–Trinajstić information content (AvgIpc) is 3.31. The van der Waals surface area contributed by atoms with E-state index in [0.717, 1.165) is 0 Å². The molecular formula is C34H59N2+. The van der Waals surface area contributed by atoms with Crippen LogP contribution in [0, 0.1) is 0 Å². The van der Waals surface area contributed by atoms with Crippen LogP contribution in [0.4, 0.5) is 0 Å². The Kier molecular flexibility index (Phi) is 18.3. The Morgan fingerprint density at radius 3 is 1.47 bits per heavy atom. The molecule has 0 saturated heterocycles. The van der Waals surface area contributed by atoms with Gasteiger partial charge in [-0.1, -0.05) is 148 Å². The van der Waals surface area contributed by atoms with E-state index in [-0.39, 0.29) is 0 Å². The Hall–Kier alpha value is -1.57. The highest BCUT2D eigenvalue weighted by Gasteiger charge is 2.18. The lowest BCUT2D eigenvalue weighted by atomic mass is 10.0. The van der Waals surface area contributed by atoms with Crippen molar-refractivity contribution in [2.45, 2.75) is 162 Å². The normalized spacial score (nSPS) is 11.4. The van der Waals surface area contributed by atoms with Gasteiger partial charge in [-0.05, 0) is 31.4 Å². The Morgan fingerprint density at radius 1 is 0.528 bits per heavy atom. The predicted molar refractivity (Wildman–Crippen MR) is 158 cm³/mol. The number of rotatable bonds is 24.